The van der Waals surface area contributed by atoms with E-state index in [1.165, 1.54) is 38.8 Å². The molecule has 7 heteroatoms. The molecule has 32 heavy (non-hydrogen) atoms. The highest BCUT2D eigenvalue weighted by Gasteiger charge is 2.26. The number of amidine groups is 1. The fourth-order valence-corrected chi connectivity index (χ4v) is 5.47. The van der Waals surface area contributed by atoms with Crippen molar-refractivity contribution in [1.82, 2.24) is 9.62 Å². The van der Waals surface area contributed by atoms with Gasteiger partial charge in [-0.2, -0.15) is 0 Å². The minimum atomic E-state index is -1.13. The largest absolute Gasteiger partial charge is 0.593 e. The third kappa shape index (κ3) is 7.44. The Labute approximate surface area is 195 Å². The molecule has 1 heterocycles. The third-order valence-electron chi connectivity index (χ3n) is 5.91. The average Bonchev–Trinajstić information content (AvgIpc) is 2.82. The van der Waals surface area contributed by atoms with E-state index in [1.54, 1.807) is 6.92 Å². The molecule has 1 saturated heterocycles. The van der Waals surface area contributed by atoms with E-state index in [4.69, 9.17) is 4.74 Å². The van der Waals surface area contributed by atoms with Gasteiger partial charge in [0.1, 0.15) is 17.8 Å². The second-order valence-electron chi connectivity index (χ2n) is 8.66. The fraction of sp³-hybridized carbons (Fsp3) is 0.560. The third-order valence-corrected chi connectivity index (χ3v) is 7.42. The zero-order valence-corrected chi connectivity index (χ0v) is 20.1. The Kier molecular flexibility index (Phi) is 9.78. The Morgan fingerprint density at radius 2 is 1.78 bits per heavy atom. The van der Waals surface area contributed by atoms with Crippen molar-refractivity contribution >= 4 is 17.2 Å². The molecule has 2 unspecified atom stereocenters. The van der Waals surface area contributed by atoms with Crippen LogP contribution in [0.4, 0.5) is 4.39 Å². The van der Waals surface area contributed by atoms with E-state index in [9.17, 15) is 8.94 Å². The second kappa shape index (κ2) is 12.5. The van der Waals surface area contributed by atoms with E-state index in [2.05, 4.69) is 21.2 Å². The predicted molar refractivity (Wildman–Crippen MR) is 129 cm³/mol. The van der Waals surface area contributed by atoms with Crippen LogP contribution < -0.4 is 5.32 Å². The van der Waals surface area contributed by atoms with Crippen LogP contribution in [0.2, 0.25) is 0 Å². The van der Waals surface area contributed by atoms with Gasteiger partial charge in [-0.3, -0.25) is 0 Å². The molecule has 0 bridgehead atoms. The number of allylic oxidation sites excluding steroid dienone is 1. The number of aliphatic imine (C=N–C) groups is 1. The summed E-state index contributed by atoms with van der Waals surface area (Å²) in [7, 11) is 0. The van der Waals surface area contributed by atoms with Crippen LogP contribution in [0.5, 0.6) is 0 Å². The first kappa shape index (κ1) is 25.0. The Hall–Kier alpha value is -1.67. The molecule has 3 rings (SSSR count). The van der Waals surface area contributed by atoms with Crippen molar-refractivity contribution < 1.29 is 13.7 Å². The molecule has 2 fully saturated rings. The van der Waals surface area contributed by atoms with Gasteiger partial charge in [-0.25, -0.2) is 9.38 Å². The number of benzene rings is 1. The normalized spacial score (nSPS) is 21.2. The van der Waals surface area contributed by atoms with Gasteiger partial charge in [0.15, 0.2) is 4.90 Å². The summed E-state index contributed by atoms with van der Waals surface area (Å²) in [6.07, 6.45) is 10.1. The lowest BCUT2D eigenvalue weighted by Crippen LogP contribution is -2.35. The van der Waals surface area contributed by atoms with Crippen LogP contribution in [-0.4, -0.2) is 33.9 Å². The van der Waals surface area contributed by atoms with E-state index in [0.29, 0.717) is 11.5 Å². The molecular weight excluding hydrogens is 425 g/mol. The molecule has 0 radical (unpaired) electrons. The van der Waals surface area contributed by atoms with Crippen molar-refractivity contribution in [1.29, 1.82) is 0 Å². The van der Waals surface area contributed by atoms with Gasteiger partial charge < -0.3 is 14.6 Å². The van der Waals surface area contributed by atoms with Crippen LogP contribution in [0.3, 0.4) is 0 Å². The van der Waals surface area contributed by atoms with Crippen LogP contribution in [0.1, 0.15) is 76.9 Å². The topological polar surface area (TPSA) is 59.9 Å². The summed E-state index contributed by atoms with van der Waals surface area (Å²) in [5.74, 6) is 0.191. The summed E-state index contributed by atoms with van der Waals surface area (Å²) in [5.41, 5.74) is 1.61. The van der Waals surface area contributed by atoms with E-state index >= 15 is 0 Å². The molecule has 5 nitrogen and oxygen atoms in total. The van der Waals surface area contributed by atoms with Gasteiger partial charge in [-0.15, -0.1) is 4.31 Å². The van der Waals surface area contributed by atoms with E-state index in [-0.39, 0.29) is 18.0 Å². The number of piperidine rings is 1. The van der Waals surface area contributed by atoms with Crippen molar-refractivity contribution in [3.63, 3.8) is 0 Å². The summed E-state index contributed by atoms with van der Waals surface area (Å²) in [6, 6.07) is 7.83. The van der Waals surface area contributed by atoms with Gasteiger partial charge in [0.05, 0.1) is 23.7 Å². The lowest BCUT2D eigenvalue weighted by molar-refractivity contribution is -0.0153. The van der Waals surface area contributed by atoms with Crippen molar-refractivity contribution in [3.05, 3.63) is 54.1 Å². The zero-order valence-electron chi connectivity index (χ0n) is 19.3. The molecule has 1 aliphatic heterocycles. The summed E-state index contributed by atoms with van der Waals surface area (Å²) in [4.78, 5) is 4.89. The first-order valence-electron chi connectivity index (χ1n) is 11.7. The molecule has 1 aliphatic carbocycles. The summed E-state index contributed by atoms with van der Waals surface area (Å²) in [6.45, 7) is 9.09. The minimum absolute atomic E-state index is 0.180. The van der Waals surface area contributed by atoms with E-state index in [0.717, 1.165) is 49.2 Å². The number of halogens is 1. The van der Waals surface area contributed by atoms with Crippen LogP contribution >= 0.6 is 0 Å². The summed E-state index contributed by atoms with van der Waals surface area (Å²) < 4.78 is 34.5. The number of hydrogen-bond donors (Lipinski definition) is 1. The standard InChI is InChI=1S/C25H36FN3O2S/c1-19(26)18-27-21(3)28-20(2)25(31-23-10-6-4-7-11-23)22-12-14-24(15-13-22)32(30)29-16-8-5-9-17-29/h12-15,18,23,25H,2,4-11,16-17H2,1,3H3,(H,27,28)/b19-18+. The van der Waals surface area contributed by atoms with Gasteiger partial charge in [0.25, 0.3) is 0 Å². The Morgan fingerprint density at radius 3 is 2.41 bits per heavy atom. The van der Waals surface area contributed by atoms with E-state index in [1.807, 2.05) is 24.3 Å². The number of ether oxygens (including phenoxy) is 1. The van der Waals surface area contributed by atoms with Crippen molar-refractivity contribution in [2.75, 3.05) is 13.1 Å². The van der Waals surface area contributed by atoms with Gasteiger partial charge in [0, 0.05) is 18.8 Å². The first-order chi connectivity index (χ1) is 15.4. The van der Waals surface area contributed by atoms with Gasteiger partial charge in [-0.1, -0.05) is 44.4 Å². The smallest absolute Gasteiger partial charge is 0.174 e. The molecule has 0 amide bonds. The maximum atomic E-state index is 13.0. The monoisotopic (exact) mass is 461 g/mol. The SMILES string of the molecule is C=C(N/C(C)=N/C=C(\C)F)C(OC1CCCCC1)c1ccc([S+]([O-])N2CCCCC2)cc1. The van der Waals surface area contributed by atoms with Crippen LogP contribution in [0, 0.1) is 0 Å². The highest BCUT2D eigenvalue weighted by molar-refractivity contribution is 7.89. The van der Waals surface area contributed by atoms with Crippen molar-refractivity contribution in [2.45, 2.75) is 82.3 Å². The molecule has 0 spiro atoms. The molecule has 1 saturated carbocycles. The number of nitrogens with zero attached hydrogens (tertiary/aromatic N) is 2. The second-order valence-corrected chi connectivity index (χ2v) is 10.2. The molecular formula is C25H36FN3O2S. The van der Waals surface area contributed by atoms with E-state index < -0.39 is 11.4 Å². The molecule has 1 N–H and O–H groups in total. The number of hydrogen-bond acceptors (Lipinski definition) is 4. The first-order valence-corrected chi connectivity index (χ1v) is 12.8. The van der Waals surface area contributed by atoms with Gasteiger partial charge >= 0.3 is 0 Å². The quantitative estimate of drug-likeness (QED) is 0.296. The maximum Gasteiger partial charge on any atom is 0.174 e. The molecule has 1 aromatic carbocycles. The Balaban J connectivity index is 1.74. The fourth-order valence-electron chi connectivity index (χ4n) is 4.21. The number of nitrogens with one attached hydrogen (secondary N) is 1. The van der Waals surface area contributed by atoms with Crippen LogP contribution in [0.25, 0.3) is 0 Å². The Morgan fingerprint density at radius 1 is 1.16 bits per heavy atom. The van der Waals surface area contributed by atoms with Gasteiger partial charge in [0.2, 0.25) is 0 Å². The van der Waals surface area contributed by atoms with Crippen molar-refractivity contribution in [2.24, 2.45) is 4.99 Å². The Bertz CT molecular complexity index is 796. The van der Waals surface area contributed by atoms with Crippen LogP contribution in [0.15, 0.2) is 58.5 Å². The highest BCUT2D eigenvalue weighted by Crippen LogP contribution is 2.31. The summed E-state index contributed by atoms with van der Waals surface area (Å²) >= 11 is -1.13. The lowest BCUT2D eigenvalue weighted by Gasteiger charge is -2.30. The molecule has 2 atom stereocenters. The molecule has 1 aromatic rings. The maximum absolute atomic E-state index is 13.0. The van der Waals surface area contributed by atoms with Crippen molar-refractivity contribution in [3.8, 4) is 0 Å². The predicted octanol–water partition coefficient (Wildman–Crippen LogP) is 5.94. The molecule has 176 valence electrons. The minimum Gasteiger partial charge on any atom is -0.593 e. The summed E-state index contributed by atoms with van der Waals surface area (Å²) in [5, 5.41) is 3.16. The zero-order chi connectivity index (χ0) is 22.9. The molecule has 2 aliphatic rings. The lowest BCUT2D eigenvalue weighted by atomic mass is 9.97. The van der Waals surface area contributed by atoms with Gasteiger partial charge in [-0.05, 0) is 57.2 Å². The van der Waals surface area contributed by atoms with Crippen LogP contribution in [-0.2, 0) is 16.1 Å². The number of rotatable bonds is 8. The average molecular weight is 462 g/mol. The molecule has 0 aromatic heterocycles. The highest BCUT2D eigenvalue weighted by atomic mass is 32.2.